The number of methoxy groups -OCH3 is 1. The molecule has 2 aromatic rings. The lowest BCUT2D eigenvalue weighted by atomic mass is 9.94. The van der Waals surface area contributed by atoms with Crippen LogP contribution in [0, 0.1) is 12.8 Å². The summed E-state index contributed by atoms with van der Waals surface area (Å²) in [6.45, 7) is 5.51. The number of amides is 1. The van der Waals surface area contributed by atoms with Gasteiger partial charge in [-0.2, -0.15) is 0 Å². The Hall–Kier alpha value is -2.37. The van der Waals surface area contributed by atoms with Gasteiger partial charge in [0.25, 0.3) is 0 Å². The Bertz CT molecular complexity index is 719. The van der Waals surface area contributed by atoms with Crippen molar-refractivity contribution in [2.45, 2.75) is 32.9 Å². The van der Waals surface area contributed by atoms with Crippen molar-refractivity contribution in [3.05, 3.63) is 65.2 Å². The summed E-state index contributed by atoms with van der Waals surface area (Å²) in [5.41, 5.74) is 9.28. The van der Waals surface area contributed by atoms with Gasteiger partial charge in [-0.1, -0.05) is 49.4 Å². The van der Waals surface area contributed by atoms with Crippen molar-refractivity contribution < 1.29 is 14.3 Å². The van der Waals surface area contributed by atoms with Gasteiger partial charge in [-0.3, -0.25) is 4.79 Å². The zero-order valence-electron chi connectivity index (χ0n) is 16.4. The highest BCUT2D eigenvalue weighted by Crippen LogP contribution is 2.22. The normalized spacial score (nSPS) is 13.0. The van der Waals surface area contributed by atoms with Crippen LogP contribution in [0.15, 0.2) is 48.5 Å². The minimum atomic E-state index is -0.339. The molecule has 0 aliphatic heterocycles. The van der Waals surface area contributed by atoms with Crippen LogP contribution in [-0.2, 0) is 16.1 Å². The highest BCUT2D eigenvalue weighted by atomic mass is 16.5. The molecule has 2 rings (SSSR count). The molecule has 2 atom stereocenters. The van der Waals surface area contributed by atoms with Gasteiger partial charge >= 0.3 is 0 Å². The van der Waals surface area contributed by atoms with Gasteiger partial charge in [0, 0.05) is 38.3 Å². The maximum absolute atomic E-state index is 12.6. The maximum Gasteiger partial charge on any atom is 0.225 e. The van der Waals surface area contributed by atoms with Crippen molar-refractivity contribution in [1.29, 1.82) is 0 Å². The molecule has 3 N–H and O–H groups in total. The lowest BCUT2D eigenvalue weighted by Gasteiger charge is -2.20. The second-order valence-corrected chi connectivity index (χ2v) is 6.75. The molecule has 0 aromatic heterocycles. The molecule has 0 aliphatic rings. The van der Waals surface area contributed by atoms with Crippen LogP contribution < -0.4 is 15.8 Å². The maximum atomic E-state index is 12.6. The second kappa shape index (κ2) is 10.7. The average Bonchev–Trinajstić information content (AvgIpc) is 2.69. The van der Waals surface area contributed by atoms with E-state index < -0.39 is 0 Å². The molecule has 5 nitrogen and oxygen atoms in total. The first-order chi connectivity index (χ1) is 13.0. The summed E-state index contributed by atoms with van der Waals surface area (Å²) in [7, 11) is 1.68. The number of ether oxygens (including phenoxy) is 2. The van der Waals surface area contributed by atoms with E-state index in [4.69, 9.17) is 15.2 Å². The number of benzene rings is 2. The summed E-state index contributed by atoms with van der Waals surface area (Å²) < 4.78 is 10.9. The van der Waals surface area contributed by atoms with E-state index in [2.05, 4.69) is 5.32 Å². The number of hydrogen-bond acceptors (Lipinski definition) is 4. The van der Waals surface area contributed by atoms with Gasteiger partial charge < -0.3 is 20.5 Å². The highest BCUT2D eigenvalue weighted by molar-refractivity contribution is 5.79. The number of nitrogens with two attached hydrogens (primary N) is 1. The van der Waals surface area contributed by atoms with Crippen LogP contribution in [0.4, 0.5) is 0 Å². The molecule has 0 saturated heterocycles. The van der Waals surface area contributed by atoms with Gasteiger partial charge in [0.1, 0.15) is 5.75 Å². The fourth-order valence-corrected chi connectivity index (χ4v) is 2.80. The third kappa shape index (κ3) is 6.38. The van der Waals surface area contributed by atoms with Gasteiger partial charge in [-0.15, -0.1) is 0 Å². The monoisotopic (exact) mass is 370 g/mol. The lowest BCUT2D eigenvalue weighted by Crippen LogP contribution is -2.35. The molecule has 1 amide bonds. The molecule has 0 spiro atoms. The Morgan fingerprint density at radius 1 is 1.15 bits per heavy atom. The number of nitrogens with one attached hydrogen (secondary N) is 1. The smallest absolute Gasteiger partial charge is 0.225 e. The Balaban J connectivity index is 1.95. The third-order valence-corrected chi connectivity index (χ3v) is 4.56. The molecule has 5 heteroatoms. The average molecular weight is 370 g/mol. The number of carbonyl (C=O) groups is 1. The van der Waals surface area contributed by atoms with Crippen molar-refractivity contribution in [2.24, 2.45) is 11.7 Å². The van der Waals surface area contributed by atoms with Crippen LogP contribution in [0.3, 0.4) is 0 Å². The SMILES string of the molecule is COCCCOc1cc(C)ccc1CNC(=O)C(C)C(N)c1ccccc1. The molecule has 146 valence electrons. The Kier molecular flexibility index (Phi) is 8.30. The van der Waals surface area contributed by atoms with Crippen LogP contribution in [0.5, 0.6) is 5.75 Å². The molecule has 27 heavy (non-hydrogen) atoms. The fourth-order valence-electron chi connectivity index (χ4n) is 2.80. The molecule has 0 heterocycles. The van der Waals surface area contributed by atoms with Crippen molar-refractivity contribution in [3.63, 3.8) is 0 Å². The summed E-state index contributed by atoms with van der Waals surface area (Å²) in [6.07, 6.45) is 0.819. The molecule has 2 unspecified atom stereocenters. The van der Waals surface area contributed by atoms with Gasteiger partial charge in [0.05, 0.1) is 12.5 Å². The first kappa shape index (κ1) is 20.9. The molecule has 0 radical (unpaired) electrons. The van der Waals surface area contributed by atoms with Gasteiger partial charge in [0.2, 0.25) is 5.91 Å². The van der Waals surface area contributed by atoms with Crippen LogP contribution in [-0.4, -0.2) is 26.2 Å². The first-order valence-corrected chi connectivity index (χ1v) is 9.32. The predicted octanol–water partition coefficient (Wildman–Crippen LogP) is 3.36. The van der Waals surface area contributed by atoms with Crippen molar-refractivity contribution >= 4 is 5.91 Å². The summed E-state index contributed by atoms with van der Waals surface area (Å²) in [4.78, 5) is 12.6. The minimum Gasteiger partial charge on any atom is -0.493 e. The van der Waals surface area contributed by atoms with Gasteiger partial charge in [-0.25, -0.2) is 0 Å². The summed E-state index contributed by atoms with van der Waals surface area (Å²) in [6, 6.07) is 15.3. The molecule has 0 saturated carbocycles. The van der Waals surface area contributed by atoms with E-state index >= 15 is 0 Å². The zero-order chi connectivity index (χ0) is 19.6. The van der Waals surface area contributed by atoms with Crippen LogP contribution in [0.2, 0.25) is 0 Å². The molecule has 0 aliphatic carbocycles. The first-order valence-electron chi connectivity index (χ1n) is 9.32. The molecular weight excluding hydrogens is 340 g/mol. The zero-order valence-corrected chi connectivity index (χ0v) is 16.4. The second-order valence-electron chi connectivity index (χ2n) is 6.75. The van der Waals surface area contributed by atoms with E-state index in [0.717, 1.165) is 28.9 Å². The quantitative estimate of drug-likeness (QED) is 0.629. The standard InChI is InChI=1S/C22H30N2O3/c1-16-10-11-19(20(14-16)27-13-7-12-26-3)15-24-22(25)17(2)21(23)18-8-5-4-6-9-18/h4-6,8-11,14,17,21H,7,12-13,15,23H2,1-3H3,(H,24,25). The Morgan fingerprint density at radius 2 is 1.89 bits per heavy atom. The molecular formula is C22H30N2O3. The number of carbonyl (C=O) groups excluding carboxylic acids is 1. The van der Waals surface area contributed by atoms with Crippen molar-refractivity contribution in [3.8, 4) is 5.75 Å². The van der Waals surface area contributed by atoms with Crippen LogP contribution in [0.1, 0.15) is 36.1 Å². The molecule has 0 fully saturated rings. The van der Waals surface area contributed by atoms with E-state index in [9.17, 15) is 4.79 Å². The highest BCUT2D eigenvalue weighted by Gasteiger charge is 2.22. The fraction of sp³-hybridized carbons (Fsp3) is 0.409. The van der Waals surface area contributed by atoms with Crippen molar-refractivity contribution in [1.82, 2.24) is 5.32 Å². The van der Waals surface area contributed by atoms with E-state index in [1.807, 2.05) is 62.4 Å². The van der Waals surface area contributed by atoms with Crippen LogP contribution in [0.25, 0.3) is 0 Å². The minimum absolute atomic E-state index is 0.0720. The topological polar surface area (TPSA) is 73.6 Å². The van der Waals surface area contributed by atoms with Crippen LogP contribution >= 0.6 is 0 Å². The predicted molar refractivity (Wildman–Crippen MR) is 108 cm³/mol. The summed E-state index contributed by atoms with van der Waals surface area (Å²) in [5.74, 6) is 0.396. The Morgan fingerprint density at radius 3 is 2.59 bits per heavy atom. The third-order valence-electron chi connectivity index (χ3n) is 4.56. The number of hydrogen-bond donors (Lipinski definition) is 2. The number of rotatable bonds is 10. The summed E-state index contributed by atoms with van der Waals surface area (Å²) in [5, 5.41) is 2.99. The van der Waals surface area contributed by atoms with E-state index in [1.165, 1.54) is 0 Å². The Labute approximate surface area is 161 Å². The molecule has 2 aromatic carbocycles. The number of aryl methyl sites for hydroxylation is 1. The van der Waals surface area contributed by atoms with Gasteiger partial charge in [0.15, 0.2) is 0 Å². The largest absolute Gasteiger partial charge is 0.493 e. The van der Waals surface area contributed by atoms with E-state index in [0.29, 0.717) is 19.8 Å². The van der Waals surface area contributed by atoms with E-state index in [1.54, 1.807) is 7.11 Å². The lowest BCUT2D eigenvalue weighted by molar-refractivity contribution is -0.125. The van der Waals surface area contributed by atoms with Gasteiger partial charge in [-0.05, 0) is 24.1 Å². The van der Waals surface area contributed by atoms with Crippen molar-refractivity contribution in [2.75, 3.05) is 20.3 Å². The summed E-state index contributed by atoms with van der Waals surface area (Å²) >= 11 is 0. The molecule has 0 bridgehead atoms. The van der Waals surface area contributed by atoms with E-state index in [-0.39, 0.29) is 17.9 Å².